The normalized spacial score (nSPS) is 21.8. The number of nitrogens with one attached hydrogen (secondary N) is 1. The smallest absolute Gasteiger partial charge is 0.192 e. The summed E-state index contributed by atoms with van der Waals surface area (Å²) >= 11 is 0. The number of dihydropyridines is 1. The van der Waals surface area contributed by atoms with E-state index in [0.717, 1.165) is 40.1 Å². The van der Waals surface area contributed by atoms with Crippen LogP contribution in [0.2, 0.25) is 0 Å². The number of benzene rings is 3. The molecule has 2 aliphatic carbocycles. The number of Topliss-reactive ketones (excluding diaryl/α,β-unsaturated/α-hetero) is 2. The van der Waals surface area contributed by atoms with Crippen molar-refractivity contribution in [1.29, 1.82) is 0 Å². The van der Waals surface area contributed by atoms with Crippen LogP contribution in [0.15, 0.2) is 95.7 Å². The third-order valence-corrected chi connectivity index (χ3v) is 7.00. The molecule has 0 amide bonds. The van der Waals surface area contributed by atoms with Gasteiger partial charge in [-0.15, -0.1) is 0 Å². The van der Waals surface area contributed by atoms with E-state index in [1.165, 1.54) is 5.56 Å². The zero-order valence-electron chi connectivity index (χ0n) is 17.9. The molecule has 0 unspecified atom stereocenters. The summed E-state index contributed by atoms with van der Waals surface area (Å²) in [5.74, 6) is -0.0271. The number of hydrogen-bond acceptors (Lipinski definition) is 3. The lowest BCUT2D eigenvalue weighted by Crippen LogP contribution is -2.33. The molecule has 0 radical (unpaired) electrons. The highest BCUT2D eigenvalue weighted by Gasteiger charge is 2.45. The monoisotopic (exact) mass is 417 g/mol. The second kappa shape index (κ2) is 7.16. The van der Waals surface area contributed by atoms with E-state index in [0.29, 0.717) is 17.6 Å². The minimum Gasteiger partial charge on any atom is -0.358 e. The van der Waals surface area contributed by atoms with Gasteiger partial charge >= 0.3 is 0 Å². The summed E-state index contributed by atoms with van der Waals surface area (Å²) in [6.45, 7) is 2.05. The highest BCUT2D eigenvalue weighted by molar-refractivity contribution is 6.23. The van der Waals surface area contributed by atoms with E-state index in [1.54, 1.807) is 0 Å². The second-order valence-corrected chi connectivity index (χ2v) is 8.96. The highest BCUT2D eigenvalue weighted by Crippen LogP contribution is 2.50. The predicted octanol–water partition coefficient (Wildman–Crippen LogP) is 5.69. The van der Waals surface area contributed by atoms with Crippen LogP contribution in [-0.2, 0) is 4.79 Å². The zero-order chi connectivity index (χ0) is 21.8. The van der Waals surface area contributed by atoms with Crippen LogP contribution in [0.25, 0.3) is 5.70 Å². The summed E-state index contributed by atoms with van der Waals surface area (Å²) in [5.41, 5.74) is 8.31. The van der Waals surface area contributed by atoms with Crippen molar-refractivity contribution in [3.05, 3.63) is 124 Å². The van der Waals surface area contributed by atoms with Crippen molar-refractivity contribution in [2.75, 3.05) is 0 Å². The van der Waals surface area contributed by atoms with Gasteiger partial charge in [-0.2, -0.15) is 0 Å². The number of allylic oxidation sites excluding steroid dienone is 3. The van der Waals surface area contributed by atoms with Crippen LogP contribution in [0, 0.1) is 6.92 Å². The fourth-order valence-corrected chi connectivity index (χ4v) is 5.45. The topological polar surface area (TPSA) is 46.2 Å². The third kappa shape index (κ3) is 2.81. The van der Waals surface area contributed by atoms with Gasteiger partial charge in [0.2, 0.25) is 0 Å². The molecule has 1 heterocycles. The van der Waals surface area contributed by atoms with E-state index in [4.69, 9.17) is 0 Å². The molecule has 0 saturated heterocycles. The van der Waals surface area contributed by atoms with E-state index >= 15 is 0 Å². The molecule has 1 N–H and O–H groups in total. The minimum atomic E-state index is -0.328. The first-order valence-corrected chi connectivity index (χ1v) is 11.1. The lowest BCUT2D eigenvalue weighted by molar-refractivity contribution is -0.116. The Hall–Kier alpha value is -3.72. The van der Waals surface area contributed by atoms with Gasteiger partial charge in [-0.1, -0.05) is 84.4 Å². The summed E-state index contributed by atoms with van der Waals surface area (Å²) in [6.07, 6.45) is 1.23. The van der Waals surface area contributed by atoms with Crippen molar-refractivity contribution >= 4 is 17.3 Å². The number of hydrogen-bond donors (Lipinski definition) is 1. The lowest BCUT2D eigenvalue weighted by Gasteiger charge is -2.36. The molecule has 3 aromatic rings. The third-order valence-electron chi connectivity index (χ3n) is 7.00. The quantitative estimate of drug-likeness (QED) is 0.583. The van der Waals surface area contributed by atoms with Crippen LogP contribution in [0.5, 0.6) is 0 Å². The van der Waals surface area contributed by atoms with E-state index < -0.39 is 0 Å². The first kappa shape index (κ1) is 19.0. The Kier molecular flexibility index (Phi) is 4.25. The van der Waals surface area contributed by atoms with E-state index in [2.05, 4.69) is 41.7 Å². The van der Waals surface area contributed by atoms with Crippen LogP contribution in [-0.4, -0.2) is 11.6 Å². The molecule has 0 spiro atoms. The standard InChI is InChI=1S/C29H23NO2/c1-17-11-13-19(14-12-17)25-26-23(15-20(16-24(26)31)18-7-3-2-4-8-18)30-28-21-9-5-6-10-22(21)29(32)27(25)28/h2-14,20,25,30H,15-16H2,1H3/t20-,25-/m1/s1. The summed E-state index contributed by atoms with van der Waals surface area (Å²) in [4.78, 5) is 27.1. The average molecular weight is 418 g/mol. The first-order chi connectivity index (χ1) is 15.6. The van der Waals surface area contributed by atoms with Crippen molar-refractivity contribution < 1.29 is 9.59 Å². The number of ketones is 2. The predicted molar refractivity (Wildman–Crippen MR) is 125 cm³/mol. The van der Waals surface area contributed by atoms with Crippen LogP contribution >= 0.6 is 0 Å². The maximum Gasteiger partial charge on any atom is 0.192 e. The van der Waals surface area contributed by atoms with Gasteiger partial charge in [0, 0.05) is 40.3 Å². The number of carbonyl (C=O) groups excluding carboxylic acids is 2. The number of fused-ring (bicyclic) bond motifs is 2. The molecule has 0 aromatic heterocycles. The Morgan fingerprint density at radius 1 is 0.719 bits per heavy atom. The maximum atomic E-state index is 13.6. The molecular weight excluding hydrogens is 394 g/mol. The summed E-state index contributed by atoms with van der Waals surface area (Å²) in [6, 6.07) is 26.3. The van der Waals surface area contributed by atoms with Crippen LogP contribution in [0.3, 0.4) is 0 Å². The largest absolute Gasteiger partial charge is 0.358 e. The molecule has 3 nitrogen and oxygen atoms in total. The fourth-order valence-electron chi connectivity index (χ4n) is 5.45. The molecule has 3 aromatic carbocycles. The molecule has 2 atom stereocenters. The summed E-state index contributed by atoms with van der Waals surface area (Å²) in [5, 5.41) is 3.56. The van der Waals surface area contributed by atoms with E-state index in [-0.39, 0.29) is 23.4 Å². The molecule has 3 heteroatoms. The number of rotatable bonds is 2. The Morgan fingerprint density at radius 2 is 1.41 bits per heavy atom. The van der Waals surface area contributed by atoms with Crippen molar-refractivity contribution in [1.82, 2.24) is 5.32 Å². The van der Waals surface area contributed by atoms with Gasteiger partial charge in [-0.05, 0) is 30.4 Å². The number of aryl methyl sites for hydroxylation is 1. The second-order valence-electron chi connectivity index (χ2n) is 8.96. The van der Waals surface area contributed by atoms with Gasteiger partial charge in [0.05, 0.1) is 5.70 Å². The molecule has 32 heavy (non-hydrogen) atoms. The maximum absolute atomic E-state index is 13.6. The Labute approximate surface area is 187 Å². The summed E-state index contributed by atoms with van der Waals surface area (Å²) in [7, 11) is 0. The molecule has 0 saturated carbocycles. The Balaban J connectivity index is 1.52. The van der Waals surface area contributed by atoms with Crippen molar-refractivity contribution in [3.63, 3.8) is 0 Å². The first-order valence-electron chi connectivity index (χ1n) is 11.1. The molecule has 0 fully saturated rings. The molecule has 6 rings (SSSR count). The van der Waals surface area contributed by atoms with Crippen molar-refractivity contribution in [2.45, 2.75) is 31.6 Å². The van der Waals surface area contributed by atoms with Crippen LogP contribution in [0.4, 0.5) is 0 Å². The van der Waals surface area contributed by atoms with Crippen molar-refractivity contribution in [3.8, 4) is 0 Å². The molecule has 0 bridgehead atoms. The number of carbonyl (C=O) groups is 2. The van der Waals surface area contributed by atoms with Crippen LogP contribution in [0.1, 0.15) is 57.3 Å². The fraction of sp³-hybridized carbons (Fsp3) is 0.172. The minimum absolute atomic E-state index is 0.0261. The lowest BCUT2D eigenvalue weighted by atomic mass is 9.71. The summed E-state index contributed by atoms with van der Waals surface area (Å²) < 4.78 is 0. The van der Waals surface area contributed by atoms with E-state index in [1.807, 2.05) is 49.4 Å². The highest BCUT2D eigenvalue weighted by atomic mass is 16.1. The molecular formula is C29H23NO2. The SMILES string of the molecule is Cc1ccc([C@@H]2C3=C(C[C@@H](c4ccccc4)CC3=O)NC3=C2C(=O)c2ccccc23)cc1. The van der Waals surface area contributed by atoms with Crippen LogP contribution < -0.4 is 5.32 Å². The van der Waals surface area contributed by atoms with Gasteiger partial charge in [-0.25, -0.2) is 0 Å². The molecule has 156 valence electrons. The van der Waals surface area contributed by atoms with Gasteiger partial charge in [0.15, 0.2) is 11.6 Å². The molecule has 3 aliphatic rings. The van der Waals surface area contributed by atoms with Gasteiger partial charge < -0.3 is 5.32 Å². The van der Waals surface area contributed by atoms with Gasteiger partial charge in [0.1, 0.15) is 0 Å². The van der Waals surface area contributed by atoms with Crippen molar-refractivity contribution in [2.24, 2.45) is 0 Å². The van der Waals surface area contributed by atoms with Gasteiger partial charge in [0.25, 0.3) is 0 Å². The van der Waals surface area contributed by atoms with E-state index in [9.17, 15) is 9.59 Å². The Bertz CT molecular complexity index is 1330. The van der Waals surface area contributed by atoms with Gasteiger partial charge in [-0.3, -0.25) is 9.59 Å². The average Bonchev–Trinajstić information content (AvgIpc) is 3.11. The molecule has 1 aliphatic heterocycles. The zero-order valence-corrected chi connectivity index (χ0v) is 17.9. The Morgan fingerprint density at radius 3 is 2.16 bits per heavy atom.